The van der Waals surface area contributed by atoms with Crippen molar-refractivity contribution in [1.82, 2.24) is 17.6 Å². The van der Waals surface area contributed by atoms with E-state index in [1.165, 1.54) is 141 Å². The van der Waals surface area contributed by atoms with Gasteiger partial charge in [0.2, 0.25) is 0 Å². The van der Waals surface area contributed by atoms with Crippen molar-refractivity contribution < 1.29 is 0 Å². The maximum atomic E-state index is 3.44. The first-order valence-corrected chi connectivity index (χ1v) is 36.0. The van der Waals surface area contributed by atoms with E-state index in [0.29, 0.717) is 0 Å². The lowest BCUT2D eigenvalue weighted by Gasteiger charge is -2.01. The van der Waals surface area contributed by atoms with Crippen LogP contribution in [0.15, 0.2) is 169 Å². The Balaban J connectivity index is 0.000000350. The molecule has 0 N–H and O–H groups in total. The van der Waals surface area contributed by atoms with Crippen LogP contribution >= 0.6 is 0 Å². The number of benzene rings is 8. The second-order valence-corrected chi connectivity index (χ2v) is 17.6. The molecule has 0 bridgehead atoms. The molecule has 0 aliphatic heterocycles. The molecule has 0 unspecified atom stereocenters. The van der Waals surface area contributed by atoms with Gasteiger partial charge in [0.1, 0.15) is 10.7 Å². The van der Waals surface area contributed by atoms with Crippen LogP contribution < -0.4 is 21.1 Å². The first-order chi connectivity index (χ1) is 45.9. The maximum Gasteiger partial charge on any atom is 0.105 e. The summed E-state index contributed by atoms with van der Waals surface area (Å²) in [6.45, 7) is 56.0. The van der Waals surface area contributed by atoms with Crippen LogP contribution in [-0.2, 0) is 0 Å². The fraction of sp³-hybridized carbons (Fsp3) is 0.318. The van der Waals surface area contributed by atoms with Gasteiger partial charge in [-0.2, -0.15) is 0 Å². The molecule has 0 amide bonds. The van der Waals surface area contributed by atoms with E-state index < -0.39 is 0 Å². The second-order valence-electron chi connectivity index (χ2n) is 17.6. The molecule has 4 heteroatoms. The first-order valence-electron chi connectivity index (χ1n) is 36.0. The maximum absolute atomic E-state index is 3.44. The van der Waals surface area contributed by atoms with Crippen molar-refractivity contribution in [3.63, 3.8) is 0 Å². The standard InChI is InChI=1S/2C30H14N2.14C2H6/c2*1-5-13-21-17(9-1)25-26-18-10-2-7-15-23(18)32-24-16-8-4-12-20(24)28(30(26)32)27-19-11-3-6-14-22(19)31(21)29(25)27;14*1-2/h2*1-7,9-15H;14*1-2H3. The number of rotatable bonds is 0. The molecule has 0 fully saturated rings. The summed E-state index contributed by atoms with van der Waals surface area (Å²) in [5.74, 6) is 0. The Morgan fingerprint density at radius 3 is 0.598 bits per heavy atom. The van der Waals surface area contributed by atoms with E-state index in [4.69, 9.17) is 0 Å². The van der Waals surface area contributed by atoms with Gasteiger partial charge in [-0.3, -0.25) is 0 Å². The molecular formula is C88H112N4. The van der Waals surface area contributed by atoms with E-state index >= 15 is 0 Å². The summed E-state index contributed by atoms with van der Waals surface area (Å²) < 4.78 is 9.78. The zero-order valence-corrected chi connectivity index (χ0v) is 62.0. The van der Waals surface area contributed by atoms with Gasteiger partial charge < -0.3 is 17.6 Å². The Morgan fingerprint density at radius 2 is 0.380 bits per heavy atom. The van der Waals surface area contributed by atoms with Crippen molar-refractivity contribution in [2.45, 2.75) is 194 Å². The molecule has 16 aromatic rings. The summed E-state index contributed by atoms with van der Waals surface area (Å²) in [7, 11) is 0. The highest BCUT2D eigenvalue weighted by Crippen LogP contribution is 2.49. The highest BCUT2D eigenvalue weighted by Gasteiger charge is 2.29. The lowest BCUT2D eigenvalue weighted by atomic mass is 9.98. The average Bonchev–Trinajstić information content (AvgIpc) is 1.50. The van der Waals surface area contributed by atoms with Crippen molar-refractivity contribution in [2.24, 2.45) is 0 Å². The largest absolute Gasteiger partial charge is 0.308 e. The van der Waals surface area contributed by atoms with Gasteiger partial charge in [-0.05, 0) is 72.2 Å². The lowest BCUT2D eigenvalue weighted by Crippen LogP contribution is -2.25. The van der Waals surface area contributed by atoms with Gasteiger partial charge >= 0.3 is 0 Å². The molecule has 0 saturated heterocycles. The molecule has 0 saturated carbocycles. The third kappa shape index (κ3) is 12.1. The van der Waals surface area contributed by atoms with Gasteiger partial charge in [-0.15, -0.1) is 0 Å². The Bertz CT molecular complexity index is 4960. The normalized spacial score (nSPS) is 10.3. The number of aromatic nitrogens is 4. The molecular weight excluding hydrogens is 1110 g/mol. The van der Waals surface area contributed by atoms with Gasteiger partial charge in [0.25, 0.3) is 0 Å². The van der Waals surface area contributed by atoms with Crippen molar-refractivity contribution >= 4 is 154 Å². The summed E-state index contributed by atoms with van der Waals surface area (Å²) in [5.41, 5.74) is 26.1. The highest BCUT2D eigenvalue weighted by molar-refractivity contribution is 6.43. The minimum Gasteiger partial charge on any atom is -0.308 e. The summed E-state index contributed by atoms with van der Waals surface area (Å²) in [6.07, 6.45) is 8.40. The molecule has 4 nitrogen and oxygen atoms in total. The Kier molecular flexibility index (Phi) is 31.9. The molecule has 0 radical (unpaired) electrons. The van der Waals surface area contributed by atoms with E-state index in [1.807, 2.05) is 206 Å². The number of fused-ring (bicyclic) bond motifs is 28. The molecule has 92 heavy (non-hydrogen) atoms. The molecule has 8 aromatic heterocycles. The molecule has 8 heterocycles. The Hall–Kier alpha value is -8.96. The van der Waals surface area contributed by atoms with Gasteiger partial charge in [-0.1, -0.05) is 315 Å². The summed E-state index contributed by atoms with van der Waals surface area (Å²) in [4.78, 5) is 0. The van der Waals surface area contributed by atoms with Crippen molar-refractivity contribution in [3.8, 4) is 0 Å². The number of allylic oxidation sites excluding steroid dienone is 2. The van der Waals surface area contributed by atoms with Gasteiger partial charge in [0.05, 0.1) is 55.2 Å². The highest BCUT2D eigenvalue weighted by atomic mass is 15.0. The average molecular weight is 1230 g/mol. The van der Waals surface area contributed by atoms with Gasteiger partial charge in [0.15, 0.2) is 0 Å². The zero-order chi connectivity index (χ0) is 69.1. The van der Waals surface area contributed by atoms with Crippen LogP contribution in [0.2, 0.25) is 0 Å². The third-order valence-corrected chi connectivity index (χ3v) is 14.8. The molecule has 0 spiro atoms. The predicted molar refractivity (Wildman–Crippen MR) is 426 cm³/mol. The quantitative estimate of drug-likeness (QED) is 0.135. The zero-order valence-electron chi connectivity index (χ0n) is 62.0. The molecule has 2 aliphatic rings. The van der Waals surface area contributed by atoms with Crippen LogP contribution in [0.25, 0.3) is 154 Å². The number of nitrogens with zero attached hydrogens (tertiary/aromatic N) is 4. The van der Waals surface area contributed by atoms with E-state index in [2.05, 4.69) is 198 Å². The lowest BCUT2D eigenvalue weighted by molar-refractivity contribution is 1.22. The minimum absolute atomic E-state index is 1.11. The molecule has 18 rings (SSSR count). The van der Waals surface area contributed by atoms with Gasteiger partial charge in [0, 0.05) is 85.8 Å². The van der Waals surface area contributed by atoms with E-state index in [0.717, 1.165) is 10.7 Å². The van der Waals surface area contributed by atoms with Crippen LogP contribution in [0.5, 0.6) is 0 Å². The summed E-state index contributed by atoms with van der Waals surface area (Å²) >= 11 is 0. The molecule has 8 aromatic carbocycles. The fourth-order valence-electron chi connectivity index (χ4n) is 12.7. The van der Waals surface area contributed by atoms with Crippen molar-refractivity contribution in [1.29, 1.82) is 0 Å². The van der Waals surface area contributed by atoms with Crippen LogP contribution in [0.4, 0.5) is 0 Å². The number of hydrogen-bond acceptors (Lipinski definition) is 0. The van der Waals surface area contributed by atoms with E-state index in [9.17, 15) is 0 Å². The van der Waals surface area contributed by atoms with E-state index in [1.54, 1.807) is 0 Å². The molecule has 2 aliphatic carbocycles. The van der Waals surface area contributed by atoms with Crippen molar-refractivity contribution in [3.05, 3.63) is 190 Å². The monoisotopic (exact) mass is 1220 g/mol. The SMILES string of the molecule is C1=C=c2c(c3c4c5ccccc5n5c6ccccc6c(c6c7ccccc7n2c36)c45)=CC=1.C1=C=c2c(c3c4c5ccccc5n5c6ccccc6c(c6c7ccccc7n2c36)c45)=CC=1.CC.CC.CC.CC.CC.CC.CC.CC.CC.CC.CC.CC.CC.CC. The van der Waals surface area contributed by atoms with Crippen LogP contribution in [-0.4, -0.2) is 17.6 Å². The van der Waals surface area contributed by atoms with Crippen LogP contribution in [0.1, 0.15) is 194 Å². The molecule has 484 valence electrons. The van der Waals surface area contributed by atoms with Crippen molar-refractivity contribution in [2.75, 3.05) is 0 Å². The van der Waals surface area contributed by atoms with E-state index in [-0.39, 0.29) is 0 Å². The van der Waals surface area contributed by atoms with Crippen LogP contribution in [0, 0.1) is 0 Å². The predicted octanol–water partition coefficient (Wildman–Crippen LogP) is 25.8. The fourth-order valence-corrected chi connectivity index (χ4v) is 12.7. The number of hydrogen-bond donors (Lipinski definition) is 0. The van der Waals surface area contributed by atoms with Gasteiger partial charge in [-0.25, -0.2) is 0 Å². The van der Waals surface area contributed by atoms with Crippen LogP contribution in [0.3, 0.4) is 0 Å². The molecule has 0 atom stereocenters. The first kappa shape index (κ1) is 77.3. The minimum atomic E-state index is 1.11. The second kappa shape index (κ2) is 38.0. The summed E-state index contributed by atoms with van der Waals surface area (Å²) in [6, 6.07) is 53.0. The Morgan fingerprint density at radius 1 is 0.207 bits per heavy atom. The topological polar surface area (TPSA) is 17.6 Å². The third-order valence-electron chi connectivity index (χ3n) is 14.8. The number of para-hydroxylation sites is 6. The smallest absolute Gasteiger partial charge is 0.105 e. The Labute approximate surface area is 552 Å². The summed E-state index contributed by atoms with van der Waals surface area (Å²) in [5, 5.41) is 23.4.